The van der Waals surface area contributed by atoms with Crippen molar-refractivity contribution in [3.05, 3.63) is 59.7 Å². The lowest BCUT2D eigenvalue weighted by molar-refractivity contribution is 0.102. The molecule has 0 radical (unpaired) electrons. The van der Waals surface area contributed by atoms with Crippen molar-refractivity contribution in [1.29, 1.82) is 0 Å². The fourth-order valence-corrected chi connectivity index (χ4v) is 3.25. The van der Waals surface area contributed by atoms with E-state index >= 15 is 0 Å². The van der Waals surface area contributed by atoms with Crippen LogP contribution in [0.3, 0.4) is 0 Å². The number of Topliss-reactive ketones (excluding diaryl/α,β-unsaturated/α-hetero) is 1. The van der Waals surface area contributed by atoms with Gasteiger partial charge in [-0.05, 0) is 32.0 Å². The third kappa shape index (κ3) is 3.07. The number of carbonyl (C=O) groups excluding carboxylic acids is 1. The summed E-state index contributed by atoms with van der Waals surface area (Å²) in [7, 11) is 1.97. The van der Waals surface area contributed by atoms with E-state index < -0.39 is 0 Å². The Hall–Kier alpha value is -2.34. The molecule has 5 nitrogen and oxygen atoms in total. The van der Waals surface area contributed by atoms with Gasteiger partial charge >= 0.3 is 0 Å². The molecule has 2 aromatic heterocycles. The molecule has 0 bridgehead atoms. The van der Waals surface area contributed by atoms with Gasteiger partial charge in [-0.1, -0.05) is 30.0 Å². The summed E-state index contributed by atoms with van der Waals surface area (Å²) >= 11 is 1.41. The number of ketones is 1. The van der Waals surface area contributed by atoms with E-state index in [2.05, 4.69) is 10.2 Å². The molecule has 6 heteroatoms. The number of aromatic nitrogens is 4. The third-order valence-corrected chi connectivity index (χ3v) is 4.90. The van der Waals surface area contributed by atoms with Crippen molar-refractivity contribution in [3.8, 4) is 5.69 Å². The van der Waals surface area contributed by atoms with Gasteiger partial charge in [-0.3, -0.25) is 9.36 Å². The van der Waals surface area contributed by atoms with Crippen molar-refractivity contribution >= 4 is 17.5 Å². The zero-order chi connectivity index (χ0) is 16.4. The topological polar surface area (TPSA) is 52.7 Å². The molecule has 0 unspecified atom stereocenters. The van der Waals surface area contributed by atoms with Crippen LogP contribution in [0.25, 0.3) is 5.69 Å². The Morgan fingerprint density at radius 2 is 1.96 bits per heavy atom. The van der Waals surface area contributed by atoms with E-state index in [0.29, 0.717) is 5.75 Å². The van der Waals surface area contributed by atoms with E-state index in [4.69, 9.17) is 0 Å². The van der Waals surface area contributed by atoms with Crippen molar-refractivity contribution < 1.29 is 4.79 Å². The van der Waals surface area contributed by atoms with E-state index in [1.807, 2.05) is 66.4 Å². The van der Waals surface area contributed by atoms with Gasteiger partial charge in [-0.15, -0.1) is 10.2 Å². The van der Waals surface area contributed by atoms with Gasteiger partial charge in [0.2, 0.25) is 0 Å². The lowest BCUT2D eigenvalue weighted by Crippen LogP contribution is -2.06. The molecule has 3 aromatic rings. The van der Waals surface area contributed by atoms with Gasteiger partial charge in [0.25, 0.3) is 0 Å². The maximum atomic E-state index is 12.5. The normalized spacial score (nSPS) is 10.9. The second-order valence-corrected chi connectivity index (χ2v) is 6.32. The highest BCUT2D eigenvalue weighted by Gasteiger charge is 2.16. The average Bonchev–Trinajstić information content (AvgIpc) is 3.14. The van der Waals surface area contributed by atoms with Crippen molar-refractivity contribution in [3.63, 3.8) is 0 Å². The van der Waals surface area contributed by atoms with Crippen molar-refractivity contribution in [1.82, 2.24) is 19.3 Å². The molecule has 2 heterocycles. The second-order valence-electron chi connectivity index (χ2n) is 5.37. The summed E-state index contributed by atoms with van der Waals surface area (Å²) in [4.78, 5) is 12.5. The smallest absolute Gasteiger partial charge is 0.196 e. The van der Waals surface area contributed by atoms with E-state index in [-0.39, 0.29) is 5.78 Å². The Kier molecular flexibility index (Phi) is 4.34. The third-order valence-electron chi connectivity index (χ3n) is 3.96. The van der Waals surface area contributed by atoms with Gasteiger partial charge in [0.15, 0.2) is 10.9 Å². The van der Waals surface area contributed by atoms with Crippen LogP contribution in [0.15, 0.2) is 47.9 Å². The lowest BCUT2D eigenvalue weighted by Gasteiger charge is -2.06. The highest BCUT2D eigenvalue weighted by atomic mass is 32.2. The molecule has 0 amide bonds. The van der Waals surface area contributed by atoms with Crippen molar-refractivity contribution in [2.75, 3.05) is 5.75 Å². The fraction of sp³-hybridized carbons (Fsp3) is 0.235. The van der Waals surface area contributed by atoms with Crippen LogP contribution in [-0.4, -0.2) is 30.9 Å². The van der Waals surface area contributed by atoms with E-state index in [1.165, 1.54) is 11.8 Å². The van der Waals surface area contributed by atoms with E-state index in [1.54, 1.807) is 6.33 Å². The summed E-state index contributed by atoms with van der Waals surface area (Å²) in [6, 6.07) is 11.8. The number of thioether (sulfide) groups is 1. The Labute approximate surface area is 139 Å². The molecule has 118 valence electrons. The van der Waals surface area contributed by atoms with Crippen LogP contribution in [0.1, 0.15) is 21.7 Å². The van der Waals surface area contributed by atoms with Crippen LogP contribution in [0, 0.1) is 13.8 Å². The number of para-hydroxylation sites is 1. The van der Waals surface area contributed by atoms with Crippen molar-refractivity contribution in [2.45, 2.75) is 19.0 Å². The number of hydrogen-bond donors (Lipinski definition) is 0. The van der Waals surface area contributed by atoms with Crippen LogP contribution in [0.5, 0.6) is 0 Å². The average molecular weight is 326 g/mol. The maximum Gasteiger partial charge on any atom is 0.196 e. The predicted octanol–water partition coefficient (Wildman–Crippen LogP) is 3.20. The first-order valence-corrected chi connectivity index (χ1v) is 8.31. The standard InChI is InChI=1S/C17H18N4OS/c1-12-9-15(13(2)20(12)3)16(22)10-23-17-19-18-11-21(17)14-7-5-4-6-8-14/h4-9,11H,10H2,1-3H3. The first-order valence-electron chi connectivity index (χ1n) is 7.32. The van der Waals surface area contributed by atoms with Crippen LogP contribution in [0.4, 0.5) is 0 Å². The summed E-state index contributed by atoms with van der Waals surface area (Å²) in [6.45, 7) is 3.97. The second kappa shape index (κ2) is 6.42. The summed E-state index contributed by atoms with van der Waals surface area (Å²) in [5.41, 5.74) is 3.85. The molecule has 3 rings (SSSR count). The molecule has 0 fully saturated rings. The SMILES string of the molecule is Cc1cc(C(=O)CSc2nncn2-c2ccccc2)c(C)n1C. The molecule has 0 saturated carbocycles. The first-order chi connectivity index (χ1) is 11.1. The van der Waals surface area contributed by atoms with Gasteiger partial charge in [-0.2, -0.15) is 0 Å². The molecule has 1 aromatic carbocycles. The van der Waals surface area contributed by atoms with Gasteiger partial charge in [0, 0.05) is 29.7 Å². The molecule has 0 aliphatic rings. The maximum absolute atomic E-state index is 12.5. The minimum Gasteiger partial charge on any atom is -0.351 e. The van der Waals surface area contributed by atoms with Gasteiger partial charge in [-0.25, -0.2) is 0 Å². The zero-order valence-corrected chi connectivity index (χ0v) is 14.2. The number of benzene rings is 1. The minimum absolute atomic E-state index is 0.110. The molecule has 0 saturated heterocycles. The largest absolute Gasteiger partial charge is 0.351 e. The molecular weight excluding hydrogens is 308 g/mol. The Bertz CT molecular complexity index is 836. The van der Waals surface area contributed by atoms with Crippen LogP contribution >= 0.6 is 11.8 Å². The quantitative estimate of drug-likeness (QED) is 0.534. The molecular formula is C17H18N4OS. The first kappa shape index (κ1) is 15.6. The van der Waals surface area contributed by atoms with Crippen molar-refractivity contribution in [2.24, 2.45) is 7.05 Å². The molecule has 0 aliphatic carbocycles. The summed E-state index contributed by atoms with van der Waals surface area (Å²) < 4.78 is 3.92. The Balaban J connectivity index is 1.76. The van der Waals surface area contributed by atoms with Crippen LogP contribution in [-0.2, 0) is 7.05 Å². The summed E-state index contributed by atoms with van der Waals surface area (Å²) in [6.07, 6.45) is 1.67. The number of aryl methyl sites for hydroxylation is 1. The highest BCUT2D eigenvalue weighted by Crippen LogP contribution is 2.22. The van der Waals surface area contributed by atoms with E-state index in [0.717, 1.165) is 27.8 Å². The predicted molar refractivity (Wildman–Crippen MR) is 91.3 cm³/mol. The molecule has 0 spiro atoms. The number of hydrogen-bond acceptors (Lipinski definition) is 4. The Morgan fingerprint density at radius 3 is 2.61 bits per heavy atom. The molecule has 0 atom stereocenters. The van der Waals surface area contributed by atoms with Gasteiger partial charge in [0.05, 0.1) is 5.75 Å². The number of nitrogens with zero attached hydrogens (tertiary/aromatic N) is 4. The fourth-order valence-electron chi connectivity index (χ4n) is 2.43. The van der Waals surface area contributed by atoms with Crippen LogP contribution < -0.4 is 0 Å². The lowest BCUT2D eigenvalue weighted by atomic mass is 10.2. The summed E-state index contributed by atoms with van der Waals surface area (Å²) in [5, 5.41) is 8.80. The van der Waals surface area contributed by atoms with Gasteiger partial charge in [0.1, 0.15) is 6.33 Å². The highest BCUT2D eigenvalue weighted by molar-refractivity contribution is 7.99. The monoisotopic (exact) mass is 326 g/mol. The Morgan fingerprint density at radius 1 is 1.22 bits per heavy atom. The van der Waals surface area contributed by atoms with Crippen LogP contribution in [0.2, 0.25) is 0 Å². The molecule has 0 N–H and O–H groups in total. The minimum atomic E-state index is 0.110. The van der Waals surface area contributed by atoms with Gasteiger partial charge < -0.3 is 4.57 Å². The number of rotatable bonds is 5. The number of carbonyl (C=O) groups is 1. The van der Waals surface area contributed by atoms with E-state index in [9.17, 15) is 4.79 Å². The zero-order valence-electron chi connectivity index (χ0n) is 13.4. The molecule has 0 aliphatic heterocycles. The molecule has 23 heavy (non-hydrogen) atoms. The summed E-state index contributed by atoms with van der Waals surface area (Å²) in [5.74, 6) is 0.453.